The van der Waals surface area contributed by atoms with Crippen LogP contribution < -0.4 is 5.32 Å². The number of benzene rings is 1. The largest absolute Gasteiger partial charge is 0.337 e. The molecule has 5 aromatic heterocycles. The number of aromatic amines is 2. The Balaban J connectivity index is 1.43. The van der Waals surface area contributed by atoms with Gasteiger partial charge in [0, 0.05) is 29.3 Å². The van der Waals surface area contributed by atoms with Gasteiger partial charge in [-0.25, -0.2) is 9.37 Å². The van der Waals surface area contributed by atoms with Gasteiger partial charge in [-0.1, -0.05) is 13.8 Å². The smallest absolute Gasteiger partial charge is 0.226 e. The number of amides is 1. The molecule has 11 heteroatoms. The number of Topliss-reactive ketones (excluding diaryl/α,β-unsaturated/α-hetero) is 1. The van der Waals surface area contributed by atoms with E-state index in [1.165, 1.54) is 24.3 Å². The first-order valence-electron chi connectivity index (χ1n) is 12.2. The van der Waals surface area contributed by atoms with Crippen molar-refractivity contribution in [3.63, 3.8) is 0 Å². The Morgan fingerprint density at radius 3 is 2.67 bits per heavy atom. The Labute approximate surface area is 225 Å². The molecule has 194 valence electrons. The van der Waals surface area contributed by atoms with Crippen LogP contribution in [-0.2, 0) is 4.79 Å². The van der Waals surface area contributed by atoms with Crippen LogP contribution in [0.3, 0.4) is 0 Å². The minimum absolute atomic E-state index is 0.00839. The van der Waals surface area contributed by atoms with Crippen molar-refractivity contribution in [3.05, 3.63) is 65.7 Å². The molecule has 0 aliphatic rings. The molecule has 0 bridgehead atoms. The number of thiophene rings is 1. The van der Waals surface area contributed by atoms with Crippen LogP contribution in [0.2, 0.25) is 0 Å². The van der Waals surface area contributed by atoms with Crippen LogP contribution in [0, 0.1) is 11.7 Å². The number of fused-ring (bicyclic) bond motifs is 2. The zero-order valence-electron chi connectivity index (χ0n) is 21.2. The lowest BCUT2D eigenvalue weighted by atomic mass is 10.0. The van der Waals surface area contributed by atoms with Crippen molar-refractivity contribution in [1.82, 2.24) is 30.1 Å². The van der Waals surface area contributed by atoms with Crippen LogP contribution in [0.4, 0.5) is 10.1 Å². The van der Waals surface area contributed by atoms with Gasteiger partial charge in [0.15, 0.2) is 17.4 Å². The standard InChI is InChI=1S/C28H22FN7O2S/c1-13(2)28(38)32-17-8-16(11-30-12-17)15-9-18-23(19(29)10-15)35-36-24(18)27-33-20-6-7-31-26(25(20)34-27)22-5-4-21(39-22)14(3)37/h4-13H,1-3H3,(H,32,38)(H,33,34)(H,35,36). The highest BCUT2D eigenvalue weighted by Crippen LogP contribution is 2.35. The van der Waals surface area contributed by atoms with E-state index in [1.807, 2.05) is 18.2 Å². The Hall–Kier alpha value is -4.77. The molecule has 0 spiro atoms. The number of nitrogens with one attached hydrogen (secondary N) is 3. The molecule has 6 aromatic rings. The van der Waals surface area contributed by atoms with Crippen LogP contribution in [0.1, 0.15) is 30.4 Å². The van der Waals surface area contributed by atoms with Gasteiger partial charge in [0.25, 0.3) is 0 Å². The maximum Gasteiger partial charge on any atom is 0.226 e. The number of hydrogen-bond donors (Lipinski definition) is 3. The van der Waals surface area contributed by atoms with Crippen molar-refractivity contribution < 1.29 is 14.0 Å². The first-order valence-corrected chi connectivity index (χ1v) is 13.0. The van der Waals surface area contributed by atoms with Gasteiger partial charge < -0.3 is 10.3 Å². The lowest BCUT2D eigenvalue weighted by molar-refractivity contribution is -0.118. The van der Waals surface area contributed by atoms with E-state index < -0.39 is 5.82 Å². The summed E-state index contributed by atoms with van der Waals surface area (Å²) in [5.74, 6) is -0.364. The van der Waals surface area contributed by atoms with E-state index in [4.69, 9.17) is 4.98 Å². The Bertz CT molecular complexity index is 1900. The predicted molar refractivity (Wildman–Crippen MR) is 149 cm³/mol. The highest BCUT2D eigenvalue weighted by Gasteiger charge is 2.19. The van der Waals surface area contributed by atoms with E-state index in [0.29, 0.717) is 49.8 Å². The monoisotopic (exact) mass is 539 g/mol. The van der Waals surface area contributed by atoms with Crippen molar-refractivity contribution in [3.8, 4) is 33.2 Å². The van der Waals surface area contributed by atoms with Gasteiger partial charge in [-0.3, -0.25) is 24.7 Å². The molecule has 9 nitrogen and oxygen atoms in total. The summed E-state index contributed by atoms with van der Waals surface area (Å²) in [5.41, 5.74) is 4.44. The number of pyridine rings is 2. The van der Waals surface area contributed by atoms with E-state index >= 15 is 4.39 Å². The molecular weight excluding hydrogens is 517 g/mol. The normalized spacial score (nSPS) is 11.5. The Morgan fingerprint density at radius 1 is 1.05 bits per heavy atom. The van der Waals surface area contributed by atoms with E-state index in [-0.39, 0.29) is 23.1 Å². The van der Waals surface area contributed by atoms with Crippen molar-refractivity contribution in [2.24, 2.45) is 5.92 Å². The van der Waals surface area contributed by atoms with Crippen molar-refractivity contribution in [2.45, 2.75) is 20.8 Å². The molecule has 1 amide bonds. The number of carbonyl (C=O) groups excluding carboxylic acids is 2. The quantitative estimate of drug-likeness (QED) is 0.215. The molecule has 0 aliphatic carbocycles. The number of ketones is 1. The van der Waals surface area contributed by atoms with Gasteiger partial charge >= 0.3 is 0 Å². The minimum atomic E-state index is -0.504. The second-order valence-corrected chi connectivity index (χ2v) is 10.5. The van der Waals surface area contributed by atoms with E-state index in [2.05, 4.69) is 30.5 Å². The molecule has 0 saturated carbocycles. The number of hydrogen-bond acceptors (Lipinski definition) is 7. The molecule has 6 rings (SSSR count). The highest BCUT2D eigenvalue weighted by molar-refractivity contribution is 7.17. The van der Waals surface area contributed by atoms with Gasteiger partial charge in [-0.2, -0.15) is 5.10 Å². The molecule has 3 N–H and O–H groups in total. The number of imidazole rings is 1. The summed E-state index contributed by atoms with van der Waals surface area (Å²) in [5, 5.41) is 10.5. The average Bonchev–Trinajstić information content (AvgIpc) is 3.66. The molecule has 0 radical (unpaired) electrons. The van der Waals surface area contributed by atoms with Crippen molar-refractivity contribution in [1.29, 1.82) is 0 Å². The summed E-state index contributed by atoms with van der Waals surface area (Å²) < 4.78 is 15.2. The molecule has 1 aromatic carbocycles. The summed E-state index contributed by atoms with van der Waals surface area (Å²) in [6, 6.07) is 10.4. The summed E-state index contributed by atoms with van der Waals surface area (Å²) in [6.45, 7) is 5.13. The van der Waals surface area contributed by atoms with Gasteiger partial charge in [-0.15, -0.1) is 11.3 Å². The third kappa shape index (κ3) is 4.46. The third-order valence-electron chi connectivity index (χ3n) is 6.30. The first-order chi connectivity index (χ1) is 18.8. The zero-order valence-corrected chi connectivity index (χ0v) is 22.0. The molecular formula is C28H22FN7O2S. The molecule has 0 atom stereocenters. The first kappa shape index (κ1) is 24.6. The maximum atomic E-state index is 15.2. The molecule has 5 heterocycles. The summed E-state index contributed by atoms with van der Waals surface area (Å²) in [4.78, 5) is 42.2. The number of rotatable bonds is 6. The topological polar surface area (TPSA) is 129 Å². The maximum absolute atomic E-state index is 15.2. The van der Waals surface area contributed by atoms with Gasteiger partial charge in [0.1, 0.15) is 22.4 Å². The summed E-state index contributed by atoms with van der Waals surface area (Å²) >= 11 is 1.36. The van der Waals surface area contributed by atoms with E-state index in [1.54, 1.807) is 44.6 Å². The zero-order chi connectivity index (χ0) is 27.3. The van der Waals surface area contributed by atoms with Crippen molar-refractivity contribution in [2.75, 3.05) is 5.32 Å². The van der Waals surface area contributed by atoms with Crippen LogP contribution in [-0.4, -0.2) is 41.8 Å². The Kier molecular flexibility index (Phi) is 5.99. The van der Waals surface area contributed by atoms with Crippen molar-refractivity contribution >= 4 is 50.7 Å². The lowest BCUT2D eigenvalue weighted by Gasteiger charge is -2.09. The molecule has 0 fully saturated rings. The number of carbonyl (C=O) groups is 2. The number of halogens is 1. The van der Waals surface area contributed by atoms with Gasteiger partial charge in [-0.05, 0) is 48.9 Å². The fraction of sp³-hybridized carbons (Fsp3) is 0.143. The van der Waals surface area contributed by atoms with Gasteiger partial charge in [0.2, 0.25) is 5.91 Å². The fourth-order valence-electron chi connectivity index (χ4n) is 4.26. The van der Waals surface area contributed by atoms with Crippen LogP contribution in [0.25, 0.3) is 55.2 Å². The Morgan fingerprint density at radius 2 is 1.90 bits per heavy atom. The third-order valence-corrected chi connectivity index (χ3v) is 7.49. The second kappa shape index (κ2) is 9.52. The number of nitrogens with zero attached hydrogens (tertiary/aromatic N) is 4. The molecule has 0 aliphatic heterocycles. The minimum Gasteiger partial charge on any atom is -0.337 e. The highest BCUT2D eigenvalue weighted by atomic mass is 32.1. The SMILES string of the molecule is CC(=O)c1ccc(-c2nccc3[nH]c(-c4[nH]nc5c(F)cc(-c6cncc(NC(=O)C(C)C)c6)cc45)nc23)s1. The second-order valence-electron chi connectivity index (χ2n) is 9.42. The molecule has 39 heavy (non-hydrogen) atoms. The number of anilines is 1. The number of aromatic nitrogens is 6. The van der Waals surface area contributed by atoms with E-state index in [9.17, 15) is 9.59 Å². The van der Waals surface area contributed by atoms with Gasteiger partial charge in [0.05, 0.1) is 27.2 Å². The lowest BCUT2D eigenvalue weighted by Crippen LogP contribution is -2.17. The fourth-order valence-corrected chi connectivity index (χ4v) is 5.16. The number of H-pyrrole nitrogens is 2. The van der Waals surface area contributed by atoms with Crippen LogP contribution in [0.5, 0.6) is 0 Å². The predicted octanol–water partition coefficient (Wildman–Crippen LogP) is 6.23. The molecule has 0 unspecified atom stereocenters. The van der Waals surface area contributed by atoms with E-state index in [0.717, 1.165) is 10.4 Å². The van der Waals surface area contributed by atoms with Crippen LogP contribution >= 0.6 is 11.3 Å². The van der Waals surface area contributed by atoms with Crippen LogP contribution in [0.15, 0.2) is 55.0 Å². The summed E-state index contributed by atoms with van der Waals surface area (Å²) in [6.07, 6.45) is 4.84. The molecule has 0 saturated heterocycles. The average molecular weight is 540 g/mol. The summed E-state index contributed by atoms with van der Waals surface area (Å²) in [7, 11) is 0.